The molecule has 0 aliphatic carbocycles. The molecule has 0 saturated carbocycles. The van der Waals surface area contributed by atoms with E-state index in [0.29, 0.717) is 17.1 Å². The number of aromatic amines is 1. The molecule has 0 aliphatic rings. The highest BCUT2D eigenvalue weighted by Gasteiger charge is 2.03. The lowest BCUT2D eigenvalue weighted by atomic mass is 10.2. The van der Waals surface area contributed by atoms with Gasteiger partial charge in [-0.15, -0.1) is 0 Å². The zero-order valence-electron chi connectivity index (χ0n) is 13.3. The Hall–Kier alpha value is -2.47. The lowest BCUT2D eigenvalue weighted by Crippen LogP contribution is -2.09. The molecular weight excluding hydrogens is 324 g/mol. The Balaban J connectivity index is 1.48. The van der Waals surface area contributed by atoms with Crippen molar-refractivity contribution in [3.05, 3.63) is 58.9 Å². The number of thioether (sulfide) groups is 1. The zero-order valence-corrected chi connectivity index (χ0v) is 14.1. The Morgan fingerprint density at radius 1 is 1.08 bits per heavy atom. The summed E-state index contributed by atoms with van der Waals surface area (Å²) < 4.78 is 10.8. The maximum Gasteiger partial charge on any atom is 0.259 e. The normalized spacial score (nSPS) is 10.7. The van der Waals surface area contributed by atoms with Crippen molar-refractivity contribution >= 4 is 22.7 Å². The molecule has 0 amide bonds. The van der Waals surface area contributed by atoms with Crippen LogP contribution in [0, 0.1) is 0 Å². The zero-order chi connectivity index (χ0) is 16.8. The van der Waals surface area contributed by atoms with Gasteiger partial charge in [-0.05, 0) is 42.8 Å². The van der Waals surface area contributed by atoms with E-state index in [9.17, 15) is 4.79 Å². The van der Waals surface area contributed by atoms with E-state index in [1.807, 2.05) is 42.5 Å². The van der Waals surface area contributed by atoms with Crippen molar-refractivity contribution in [3.63, 3.8) is 0 Å². The Bertz CT molecular complexity index is 862. The maximum absolute atomic E-state index is 12.0. The highest BCUT2D eigenvalue weighted by Crippen LogP contribution is 2.18. The highest BCUT2D eigenvalue weighted by atomic mass is 32.2. The molecule has 1 aromatic heterocycles. The Morgan fingerprint density at radius 3 is 2.62 bits per heavy atom. The smallest absolute Gasteiger partial charge is 0.259 e. The number of fused-ring (bicyclic) bond motifs is 1. The molecule has 0 unspecified atom stereocenters. The average molecular weight is 342 g/mol. The van der Waals surface area contributed by atoms with Gasteiger partial charge in [0.1, 0.15) is 11.5 Å². The first-order valence-electron chi connectivity index (χ1n) is 7.65. The van der Waals surface area contributed by atoms with Gasteiger partial charge in [0.25, 0.3) is 5.56 Å². The van der Waals surface area contributed by atoms with E-state index in [0.717, 1.165) is 29.2 Å². The quantitative estimate of drug-likeness (QED) is 0.404. The standard InChI is InChI=1S/C18H18N2O3S/c1-22-13-7-9-14(10-8-13)23-11-4-12-24-18-19-16-6-3-2-5-15(16)17(21)20-18/h2-3,5-10H,4,11-12H2,1H3,(H,19,20,21). The van der Waals surface area contributed by atoms with Crippen molar-refractivity contribution in [2.45, 2.75) is 11.6 Å². The molecule has 0 atom stereocenters. The van der Waals surface area contributed by atoms with Crippen LogP contribution in [-0.2, 0) is 0 Å². The predicted molar refractivity (Wildman–Crippen MR) is 96.2 cm³/mol. The van der Waals surface area contributed by atoms with Crippen molar-refractivity contribution in [1.82, 2.24) is 9.97 Å². The largest absolute Gasteiger partial charge is 0.497 e. The van der Waals surface area contributed by atoms with Crippen molar-refractivity contribution in [2.75, 3.05) is 19.5 Å². The van der Waals surface area contributed by atoms with Crippen molar-refractivity contribution < 1.29 is 9.47 Å². The summed E-state index contributed by atoms with van der Waals surface area (Å²) in [5.74, 6) is 2.44. The molecule has 3 rings (SSSR count). The minimum atomic E-state index is -0.0995. The van der Waals surface area contributed by atoms with Crippen molar-refractivity contribution in [3.8, 4) is 11.5 Å². The van der Waals surface area contributed by atoms with E-state index in [4.69, 9.17) is 9.47 Å². The van der Waals surface area contributed by atoms with Crippen LogP contribution in [0.2, 0.25) is 0 Å². The third kappa shape index (κ3) is 4.08. The monoisotopic (exact) mass is 342 g/mol. The first kappa shape index (κ1) is 16.4. The fraction of sp³-hybridized carbons (Fsp3) is 0.222. The number of hydrogen-bond donors (Lipinski definition) is 1. The second kappa shape index (κ2) is 7.88. The topological polar surface area (TPSA) is 64.2 Å². The molecule has 24 heavy (non-hydrogen) atoms. The number of nitrogens with one attached hydrogen (secondary N) is 1. The van der Waals surface area contributed by atoms with Gasteiger partial charge in [0.2, 0.25) is 0 Å². The number of ether oxygens (including phenoxy) is 2. The molecule has 124 valence electrons. The van der Waals surface area contributed by atoms with Gasteiger partial charge in [-0.3, -0.25) is 4.79 Å². The van der Waals surface area contributed by atoms with E-state index in [1.165, 1.54) is 11.8 Å². The lowest BCUT2D eigenvalue weighted by molar-refractivity contribution is 0.318. The summed E-state index contributed by atoms with van der Waals surface area (Å²) in [6, 6.07) is 14.8. The van der Waals surface area contributed by atoms with Gasteiger partial charge in [-0.25, -0.2) is 4.98 Å². The van der Waals surface area contributed by atoms with Crippen LogP contribution in [0.1, 0.15) is 6.42 Å². The Labute approximate surface area is 144 Å². The van der Waals surface area contributed by atoms with Crippen molar-refractivity contribution in [2.24, 2.45) is 0 Å². The third-order valence-electron chi connectivity index (χ3n) is 3.45. The summed E-state index contributed by atoms with van der Waals surface area (Å²) >= 11 is 1.52. The Kier molecular flexibility index (Phi) is 5.38. The van der Waals surface area contributed by atoms with Gasteiger partial charge in [0.15, 0.2) is 5.16 Å². The molecule has 0 radical (unpaired) electrons. The van der Waals surface area contributed by atoms with E-state index < -0.39 is 0 Å². The predicted octanol–water partition coefficient (Wildman–Crippen LogP) is 3.49. The minimum Gasteiger partial charge on any atom is -0.497 e. The maximum atomic E-state index is 12.0. The van der Waals surface area contributed by atoms with Gasteiger partial charge >= 0.3 is 0 Å². The number of methoxy groups -OCH3 is 1. The average Bonchev–Trinajstić information content (AvgIpc) is 2.62. The minimum absolute atomic E-state index is 0.0995. The van der Waals surface area contributed by atoms with Crippen LogP contribution in [0.5, 0.6) is 11.5 Å². The molecule has 0 fully saturated rings. The molecule has 0 spiro atoms. The third-order valence-corrected chi connectivity index (χ3v) is 4.41. The highest BCUT2D eigenvalue weighted by molar-refractivity contribution is 7.99. The van der Waals surface area contributed by atoms with Gasteiger partial charge in [-0.2, -0.15) is 0 Å². The SMILES string of the molecule is COc1ccc(OCCCSc2nc3ccccc3c(=O)[nH]2)cc1. The molecule has 0 aliphatic heterocycles. The number of rotatable bonds is 7. The van der Waals surface area contributed by atoms with E-state index in [1.54, 1.807) is 13.2 Å². The second-order valence-corrected chi connectivity index (χ2v) is 6.20. The molecule has 3 aromatic rings. The summed E-state index contributed by atoms with van der Waals surface area (Å²) in [5, 5.41) is 1.26. The van der Waals surface area contributed by atoms with Gasteiger partial charge in [0, 0.05) is 5.75 Å². The van der Waals surface area contributed by atoms with Crippen LogP contribution in [0.4, 0.5) is 0 Å². The number of benzene rings is 2. The van der Waals surface area contributed by atoms with Crippen LogP contribution in [0.25, 0.3) is 10.9 Å². The van der Waals surface area contributed by atoms with Crippen LogP contribution in [-0.4, -0.2) is 29.4 Å². The Morgan fingerprint density at radius 2 is 1.83 bits per heavy atom. The van der Waals surface area contributed by atoms with Crippen molar-refractivity contribution in [1.29, 1.82) is 0 Å². The summed E-state index contributed by atoms with van der Waals surface area (Å²) in [4.78, 5) is 19.3. The number of nitrogens with zero attached hydrogens (tertiary/aromatic N) is 1. The summed E-state index contributed by atoms with van der Waals surface area (Å²) in [6.07, 6.45) is 0.854. The number of para-hydroxylation sites is 1. The molecule has 6 heteroatoms. The first-order valence-corrected chi connectivity index (χ1v) is 8.63. The fourth-order valence-electron chi connectivity index (χ4n) is 2.22. The van der Waals surface area contributed by atoms with E-state index in [-0.39, 0.29) is 5.56 Å². The van der Waals surface area contributed by atoms with Crippen LogP contribution in [0.3, 0.4) is 0 Å². The molecular formula is C18H18N2O3S. The number of aromatic nitrogens is 2. The second-order valence-electron chi connectivity index (χ2n) is 5.11. The summed E-state index contributed by atoms with van der Waals surface area (Å²) in [7, 11) is 1.64. The number of hydrogen-bond acceptors (Lipinski definition) is 5. The number of H-pyrrole nitrogens is 1. The van der Waals surface area contributed by atoms with E-state index in [2.05, 4.69) is 9.97 Å². The van der Waals surface area contributed by atoms with Crippen LogP contribution < -0.4 is 15.0 Å². The molecule has 1 heterocycles. The van der Waals surface area contributed by atoms with Gasteiger partial charge in [-0.1, -0.05) is 23.9 Å². The summed E-state index contributed by atoms with van der Waals surface area (Å²) in [5.41, 5.74) is 0.621. The lowest BCUT2D eigenvalue weighted by Gasteiger charge is -2.07. The van der Waals surface area contributed by atoms with Crippen LogP contribution >= 0.6 is 11.8 Å². The van der Waals surface area contributed by atoms with Crippen LogP contribution in [0.15, 0.2) is 58.5 Å². The summed E-state index contributed by atoms with van der Waals surface area (Å²) in [6.45, 7) is 0.608. The van der Waals surface area contributed by atoms with E-state index >= 15 is 0 Å². The fourth-order valence-corrected chi connectivity index (χ4v) is 3.01. The van der Waals surface area contributed by atoms with Gasteiger partial charge in [0.05, 0.1) is 24.6 Å². The molecule has 5 nitrogen and oxygen atoms in total. The first-order chi connectivity index (χ1) is 11.8. The molecule has 0 saturated heterocycles. The molecule has 2 aromatic carbocycles. The molecule has 0 bridgehead atoms. The van der Waals surface area contributed by atoms with Gasteiger partial charge < -0.3 is 14.5 Å². The molecule has 1 N–H and O–H groups in total.